The van der Waals surface area contributed by atoms with Gasteiger partial charge in [0.2, 0.25) is 0 Å². The van der Waals surface area contributed by atoms with Crippen molar-refractivity contribution in [3.05, 3.63) is 84.7 Å². The second kappa shape index (κ2) is 9.24. The molecule has 5 nitrogen and oxygen atoms in total. The number of carbonyl (C=O) groups is 1. The number of para-hydroxylation sites is 3. The highest BCUT2D eigenvalue weighted by Gasteiger charge is 2.08. The van der Waals surface area contributed by atoms with Crippen LogP contribution >= 0.6 is 0 Å². The summed E-state index contributed by atoms with van der Waals surface area (Å²) < 4.78 is 24.3. The van der Waals surface area contributed by atoms with E-state index in [1.807, 2.05) is 36.4 Å². The zero-order valence-corrected chi connectivity index (χ0v) is 14.5. The quantitative estimate of drug-likeness (QED) is 0.590. The molecule has 0 saturated carbocycles. The smallest absolute Gasteiger partial charge is 0.319 e. The summed E-state index contributed by atoms with van der Waals surface area (Å²) in [6.07, 6.45) is 0. The standard InChI is InChI=1S/C21H19FN2O3/c22-16-7-6-10-18(15-16)26-14-13-23-21(25)24-19-11-4-5-12-20(19)27-17-8-2-1-3-9-17/h1-12,15H,13-14H2,(H2,23,24,25). The van der Waals surface area contributed by atoms with Crippen molar-refractivity contribution in [3.8, 4) is 17.2 Å². The summed E-state index contributed by atoms with van der Waals surface area (Å²) in [5.74, 6) is 1.26. The van der Waals surface area contributed by atoms with E-state index in [4.69, 9.17) is 9.47 Å². The van der Waals surface area contributed by atoms with Crippen molar-refractivity contribution < 1.29 is 18.7 Å². The third-order valence-electron chi connectivity index (χ3n) is 3.56. The fourth-order valence-corrected chi connectivity index (χ4v) is 2.33. The van der Waals surface area contributed by atoms with Crippen molar-refractivity contribution >= 4 is 11.7 Å². The van der Waals surface area contributed by atoms with Crippen LogP contribution in [0.25, 0.3) is 0 Å². The van der Waals surface area contributed by atoms with Gasteiger partial charge in [-0.05, 0) is 36.4 Å². The predicted octanol–water partition coefficient (Wildman–Crippen LogP) is 4.82. The summed E-state index contributed by atoms with van der Waals surface area (Å²) in [4.78, 5) is 12.1. The number of hydrogen-bond acceptors (Lipinski definition) is 3. The maximum atomic E-state index is 13.1. The molecule has 0 aliphatic rings. The minimum atomic E-state index is -0.387. The van der Waals surface area contributed by atoms with E-state index in [1.54, 1.807) is 30.3 Å². The van der Waals surface area contributed by atoms with Crippen LogP contribution in [0.3, 0.4) is 0 Å². The molecule has 0 radical (unpaired) electrons. The number of amides is 2. The van der Waals surface area contributed by atoms with Gasteiger partial charge in [0.1, 0.15) is 23.9 Å². The SMILES string of the molecule is O=C(NCCOc1cccc(F)c1)Nc1ccccc1Oc1ccccc1. The Labute approximate surface area is 156 Å². The normalized spacial score (nSPS) is 10.1. The Morgan fingerprint density at radius 1 is 0.889 bits per heavy atom. The third-order valence-corrected chi connectivity index (χ3v) is 3.56. The summed E-state index contributed by atoms with van der Waals surface area (Å²) in [6, 6.07) is 21.9. The lowest BCUT2D eigenvalue weighted by molar-refractivity contribution is 0.247. The summed E-state index contributed by atoms with van der Waals surface area (Å²) in [5, 5.41) is 5.43. The van der Waals surface area contributed by atoms with E-state index < -0.39 is 0 Å². The van der Waals surface area contributed by atoms with Gasteiger partial charge in [-0.3, -0.25) is 0 Å². The number of anilines is 1. The van der Waals surface area contributed by atoms with Gasteiger partial charge in [0, 0.05) is 6.07 Å². The van der Waals surface area contributed by atoms with Crippen molar-refractivity contribution in [2.75, 3.05) is 18.5 Å². The van der Waals surface area contributed by atoms with Gasteiger partial charge in [0.05, 0.1) is 12.2 Å². The number of benzene rings is 3. The van der Waals surface area contributed by atoms with Crippen LogP contribution in [-0.2, 0) is 0 Å². The average Bonchev–Trinajstić information content (AvgIpc) is 2.68. The van der Waals surface area contributed by atoms with Gasteiger partial charge in [-0.1, -0.05) is 36.4 Å². The van der Waals surface area contributed by atoms with Gasteiger partial charge in [-0.15, -0.1) is 0 Å². The highest BCUT2D eigenvalue weighted by molar-refractivity contribution is 5.90. The molecule has 3 aromatic rings. The first-order chi connectivity index (χ1) is 13.2. The van der Waals surface area contributed by atoms with E-state index in [1.165, 1.54) is 12.1 Å². The molecular weight excluding hydrogens is 347 g/mol. The lowest BCUT2D eigenvalue weighted by Gasteiger charge is -2.13. The molecule has 0 fully saturated rings. The number of urea groups is 1. The molecule has 0 heterocycles. The Morgan fingerprint density at radius 2 is 1.63 bits per heavy atom. The molecule has 138 valence electrons. The van der Waals surface area contributed by atoms with E-state index >= 15 is 0 Å². The minimum absolute atomic E-state index is 0.221. The van der Waals surface area contributed by atoms with Crippen LogP contribution in [0.4, 0.5) is 14.9 Å². The van der Waals surface area contributed by atoms with Crippen LogP contribution in [0.15, 0.2) is 78.9 Å². The number of carbonyl (C=O) groups excluding carboxylic acids is 1. The number of nitrogens with one attached hydrogen (secondary N) is 2. The fraction of sp³-hybridized carbons (Fsp3) is 0.0952. The Bertz CT molecular complexity index is 887. The predicted molar refractivity (Wildman–Crippen MR) is 102 cm³/mol. The van der Waals surface area contributed by atoms with Crippen LogP contribution in [-0.4, -0.2) is 19.2 Å². The highest BCUT2D eigenvalue weighted by atomic mass is 19.1. The van der Waals surface area contributed by atoms with Gasteiger partial charge in [0.25, 0.3) is 0 Å². The van der Waals surface area contributed by atoms with Gasteiger partial charge >= 0.3 is 6.03 Å². The number of halogens is 1. The maximum absolute atomic E-state index is 13.1. The van der Waals surface area contributed by atoms with E-state index in [9.17, 15) is 9.18 Å². The van der Waals surface area contributed by atoms with E-state index in [0.29, 0.717) is 22.9 Å². The van der Waals surface area contributed by atoms with Gasteiger partial charge < -0.3 is 20.1 Å². The Balaban J connectivity index is 1.49. The monoisotopic (exact) mass is 366 g/mol. The molecule has 0 saturated heterocycles. The molecule has 6 heteroatoms. The average molecular weight is 366 g/mol. The van der Waals surface area contributed by atoms with Crippen LogP contribution in [0, 0.1) is 5.82 Å². The minimum Gasteiger partial charge on any atom is -0.492 e. The van der Waals surface area contributed by atoms with Crippen molar-refractivity contribution in [2.45, 2.75) is 0 Å². The molecule has 2 amide bonds. The van der Waals surface area contributed by atoms with Crippen molar-refractivity contribution in [3.63, 3.8) is 0 Å². The molecule has 3 aromatic carbocycles. The first-order valence-corrected chi connectivity index (χ1v) is 8.46. The molecule has 0 aromatic heterocycles. The summed E-state index contributed by atoms with van der Waals surface area (Å²) >= 11 is 0. The zero-order chi connectivity index (χ0) is 18.9. The second-order valence-corrected chi connectivity index (χ2v) is 5.60. The molecule has 0 bridgehead atoms. The van der Waals surface area contributed by atoms with Crippen LogP contribution in [0.2, 0.25) is 0 Å². The molecule has 2 N–H and O–H groups in total. The number of ether oxygens (including phenoxy) is 2. The van der Waals surface area contributed by atoms with Gasteiger partial charge in [-0.25, -0.2) is 9.18 Å². The molecule has 0 atom stereocenters. The molecule has 0 spiro atoms. The summed E-state index contributed by atoms with van der Waals surface area (Å²) in [5.41, 5.74) is 0.546. The Hall–Kier alpha value is -3.54. The molecule has 27 heavy (non-hydrogen) atoms. The second-order valence-electron chi connectivity index (χ2n) is 5.60. The molecule has 0 aliphatic carbocycles. The highest BCUT2D eigenvalue weighted by Crippen LogP contribution is 2.28. The first-order valence-electron chi connectivity index (χ1n) is 8.46. The lowest BCUT2D eigenvalue weighted by Crippen LogP contribution is -2.32. The van der Waals surface area contributed by atoms with E-state index in [-0.39, 0.29) is 25.0 Å². The maximum Gasteiger partial charge on any atom is 0.319 e. The topological polar surface area (TPSA) is 59.6 Å². The van der Waals surface area contributed by atoms with Gasteiger partial charge in [0.15, 0.2) is 5.75 Å². The first kappa shape index (κ1) is 18.3. The van der Waals surface area contributed by atoms with Crippen molar-refractivity contribution in [1.82, 2.24) is 5.32 Å². The van der Waals surface area contributed by atoms with Crippen molar-refractivity contribution in [2.24, 2.45) is 0 Å². The largest absolute Gasteiger partial charge is 0.492 e. The van der Waals surface area contributed by atoms with Crippen molar-refractivity contribution in [1.29, 1.82) is 0 Å². The molecule has 0 unspecified atom stereocenters. The summed E-state index contributed by atoms with van der Waals surface area (Å²) in [7, 11) is 0. The molecule has 0 aliphatic heterocycles. The van der Waals surface area contributed by atoms with E-state index in [0.717, 1.165) is 0 Å². The third kappa shape index (κ3) is 5.74. The van der Waals surface area contributed by atoms with Crippen LogP contribution < -0.4 is 20.1 Å². The molecule has 3 rings (SSSR count). The number of rotatable bonds is 7. The van der Waals surface area contributed by atoms with Gasteiger partial charge in [-0.2, -0.15) is 0 Å². The number of hydrogen-bond donors (Lipinski definition) is 2. The fourth-order valence-electron chi connectivity index (χ4n) is 2.33. The Morgan fingerprint density at radius 3 is 2.44 bits per heavy atom. The Kier molecular flexibility index (Phi) is 6.25. The van der Waals surface area contributed by atoms with Crippen LogP contribution in [0.1, 0.15) is 0 Å². The molecular formula is C21H19FN2O3. The van der Waals surface area contributed by atoms with E-state index in [2.05, 4.69) is 10.6 Å². The zero-order valence-electron chi connectivity index (χ0n) is 14.5. The van der Waals surface area contributed by atoms with Crippen LogP contribution in [0.5, 0.6) is 17.2 Å². The summed E-state index contributed by atoms with van der Waals surface area (Å²) in [6.45, 7) is 0.489. The lowest BCUT2D eigenvalue weighted by atomic mass is 10.3.